The van der Waals surface area contributed by atoms with E-state index >= 15 is 0 Å². The Balaban J connectivity index is 1.63. The number of nitrogens with one attached hydrogen (secondary N) is 1. The van der Waals surface area contributed by atoms with Gasteiger partial charge in [-0.05, 0) is 25.7 Å². The Morgan fingerprint density at radius 3 is 2.52 bits per heavy atom. The molecule has 3 saturated heterocycles. The summed E-state index contributed by atoms with van der Waals surface area (Å²) in [6, 6.07) is 0.456. The van der Waals surface area contributed by atoms with Gasteiger partial charge in [0.2, 0.25) is 0 Å². The molecule has 3 unspecified atom stereocenters. The molecule has 27 heavy (non-hydrogen) atoms. The van der Waals surface area contributed by atoms with Crippen LogP contribution in [0.15, 0.2) is 4.99 Å². The Kier molecular flexibility index (Phi) is 8.18. The Hall–Kier alpha value is -0.890. The lowest BCUT2D eigenvalue weighted by Crippen LogP contribution is -2.54. The van der Waals surface area contributed by atoms with E-state index in [-0.39, 0.29) is 12.2 Å². The second-order valence-electron chi connectivity index (χ2n) is 8.06. The molecule has 3 rings (SSSR count). The Labute approximate surface area is 164 Å². The first-order valence-electron chi connectivity index (χ1n) is 10.8. The lowest BCUT2D eigenvalue weighted by atomic mass is 10.0. The van der Waals surface area contributed by atoms with Crippen molar-refractivity contribution in [3.63, 3.8) is 0 Å². The topological polar surface area (TPSA) is 58.6 Å². The molecular weight excluding hydrogens is 344 g/mol. The van der Waals surface area contributed by atoms with Gasteiger partial charge in [-0.25, -0.2) is 0 Å². The van der Waals surface area contributed by atoms with Gasteiger partial charge in [0.1, 0.15) is 6.10 Å². The van der Waals surface area contributed by atoms with Crippen LogP contribution in [0, 0.1) is 5.92 Å². The van der Waals surface area contributed by atoms with Crippen molar-refractivity contribution in [2.45, 2.75) is 51.9 Å². The molecule has 7 nitrogen and oxygen atoms in total. The van der Waals surface area contributed by atoms with Crippen LogP contribution in [0.5, 0.6) is 0 Å². The molecule has 3 heterocycles. The van der Waals surface area contributed by atoms with Crippen molar-refractivity contribution in [3.8, 4) is 0 Å². The highest BCUT2D eigenvalue weighted by molar-refractivity contribution is 5.80. The van der Waals surface area contributed by atoms with E-state index in [9.17, 15) is 0 Å². The van der Waals surface area contributed by atoms with E-state index in [0.29, 0.717) is 12.0 Å². The highest BCUT2D eigenvalue weighted by Crippen LogP contribution is 2.21. The number of hydrogen-bond acceptors (Lipinski definition) is 5. The van der Waals surface area contributed by atoms with E-state index in [2.05, 4.69) is 35.9 Å². The van der Waals surface area contributed by atoms with Gasteiger partial charge in [-0.3, -0.25) is 9.89 Å². The molecule has 0 radical (unpaired) electrons. The lowest BCUT2D eigenvalue weighted by molar-refractivity contribution is -0.0817. The third-order valence-electron chi connectivity index (χ3n) is 5.82. The molecule has 3 aliphatic heterocycles. The fourth-order valence-electron chi connectivity index (χ4n) is 4.25. The second kappa shape index (κ2) is 10.6. The van der Waals surface area contributed by atoms with E-state index in [1.54, 1.807) is 0 Å². The molecule has 3 aliphatic rings. The zero-order chi connectivity index (χ0) is 19.1. The molecule has 0 spiro atoms. The average molecular weight is 383 g/mol. The quantitative estimate of drug-likeness (QED) is 0.550. The molecule has 1 N–H and O–H groups in total. The van der Waals surface area contributed by atoms with Crippen molar-refractivity contribution in [2.24, 2.45) is 10.9 Å². The minimum Gasteiger partial charge on any atom is -0.379 e. The van der Waals surface area contributed by atoms with Gasteiger partial charge in [0, 0.05) is 45.4 Å². The van der Waals surface area contributed by atoms with E-state index in [4.69, 9.17) is 19.2 Å². The summed E-state index contributed by atoms with van der Waals surface area (Å²) in [5, 5.41) is 3.50. The molecule has 0 aromatic carbocycles. The summed E-state index contributed by atoms with van der Waals surface area (Å²) in [5.41, 5.74) is 0. The molecule has 0 aromatic heterocycles. The van der Waals surface area contributed by atoms with Crippen LogP contribution in [0.2, 0.25) is 0 Å². The first kappa shape index (κ1) is 20.8. The number of aliphatic imine (C=N–C) groups is 1. The maximum atomic E-state index is 6.01. The van der Waals surface area contributed by atoms with Crippen molar-refractivity contribution in [3.05, 3.63) is 0 Å². The second-order valence-corrected chi connectivity index (χ2v) is 8.06. The minimum absolute atomic E-state index is 0.158. The number of hydrogen-bond donors (Lipinski definition) is 1. The molecule has 3 fully saturated rings. The molecule has 0 aliphatic carbocycles. The predicted molar refractivity (Wildman–Crippen MR) is 107 cm³/mol. The van der Waals surface area contributed by atoms with Gasteiger partial charge in [-0.15, -0.1) is 0 Å². The molecule has 156 valence electrons. The van der Waals surface area contributed by atoms with Gasteiger partial charge < -0.3 is 24.4 Å². The first-order chi connectivity index (χ1) is 13.2. The molecule has 0 aromatic rings. The third-order valence-corrected chi connectivity index (χ3v) is 5.82. The highest BCUT2D eigenvalue weighted by Gasteiger charge is 2.32. The summed E-state index contributed by atoms with van der Waals surface area (Å²) >= 11 is 0. The summed E-state index contributed by atoms with van der Waals surface area (Å²) in [4.78, 5) is 9.94. The molecule has 3 atom stereocenters. The van der Waals surface area contributed by atoms with E-state index in [1.807, 2.05) is 0 Å². The van der Waals surface area contributed by atoms with Gasteiger partial charge in [0.15, 0.2) is 5.96 Å². The number of rotatable bonds is 6. The van der Waals surface area contributed by atoms with Crippen LogP contribution in [-0.2, 0) is 14.2 Å². The third kappa shape index (κ3) is 5.79. The summed E-state index contributed by atoms with van der Waals surface area (Å²) < 4.78 is 17.4. The van der Waals surface area contributed by atoms with Gasteiger partial charge in [0.05, 0.1) is 32.5 Å². The zero-order valence-corrected chi connectivity index (χ0v) is 17.4. The van der Waals surface area contributed by atoms with Crippen LogP contribution in [-0.4, -0.2) is 99.7 Å². The SMILES string of the molecule is CCNC(=NCC(C(C)C)N1CCOCC1)N1CCOC(C2CCCO2)C1. The predicted octanol–water partition coefficient (Wildman–Crippen LogP) is 1.19. The smallest absolute Gasteiger partial charge is 0.194 e. The molecule has 0 amide bonds. The molecular formula is C20H38N4O3. The molecule has 0 bridgehead atoms. The normalized spacial score (nSPS) is 29.3. The van der Waals surface area contributed by atoms with Crippen LogP contribution in [0.25, 0.3) is 0 Å². The van der Waals surface area contributed by atoms with Crippen LogP contribution < -0.4 is 5.32 Å². The summed E-state index contributed by atoms with van der Waals surface area (Å²) in [6.07, 6.45) is 2.66. The number of morpholine rings is 2. The highest BCUT2D eigenvalue weighted by atomic mass is 16.5. The zero-order valence-electron chi connectivity index (χ0n) is 17.4. The van der Waals surface area contributed by atoms with E-state index in [1.165, 1.54) is 0 Å². The Morgan fingerprint density at radius 1 is 1.07 bits per heavy atom. The van der Waals surface area contributed by atoms with Crippen LogP contribution in [0.4, 0.5) is 0 Å². The van der Waals surface area contributed by atoms with Crippen molar-refractivity contribution >= 4 is 5.96 Å². The fraction of sp³-hybridized carbons (Fsp3) is 0.950. The summed E-state index contributed by atoms with van der Waals surface area (Å²) in [5.74, 6) is 1.58. The van der Waals surface area contributed by atoms with Crippen LogP contribution in [0.1, 0.15) is 33.6 Å². The standard InChI is InChI=1S/C20H38N4O3/c1-4-21-20(22-14-17(16(2)3)23-7-11-25-12-8-23)24-9-13-27-19(15-24)18-6-5-10-26-18/h16-19H,4-15H2,1-3H3,(H,21,22). The largest absolute Gasteiger partial charge is 0.379 e. The van der Waals surface area contributed by atoms with Gasteiger partial charge >= 0.3 is 0 Å². The van der Waals surface area contributed by atoms with Crippen molar-refractivity contribution in [2.75, 3.05) is 65.7 Å². The summed E-state index contributed by atoms with van der Waals surface area (Å²) in [6.45, 7) is 15.5. The summed E-state index contributed by atoms with van der Waals surface area (Å²) in [7, 11) is 0. The van der Waals surface area contributed by atoms with Crippen molar-refractivity contribution in [1.82, 2.24) is 15.1 Å². The average Bonchev–Trinajstić information content (AvgIpc) is 3.23. The maximum Gasteiger partial charge on any atom is 0.194 e. The molecule has 7 heteroatoms. The van der Waals surface area contributed by atoms with Crippen molar-refractivity contribution < 1.29 is 14.2 Å². The first-order valence-corrected chi connectivity index (χ1v) is 10.8. The molecule has 0 saturated carbocycles. The van der Waals surface area contributed by atoms with Gasteiger partial charge in [-0.2, -0.15) is 0 Å². The van der Waals surface area contributed by atoms with Crippen LogP contribution in [0.3, 0.4) is 0 Å². The lowest BCUT2D eigenvalue weighted by Gasteiger charge is -2.38. The number of guanidine groups is 1. The monoisotopic (exact) mass is 382 g/mol. The Bertz CT molecular complexity index is 462. The number of ether oxygens (including phenoxy) is 3. The van der Waals surface area contributed by atoms with Gasteiger partial charge in [-0.1, -0.05) is 13.8 Å². The number of nitrogens with zero attached hydrogens (tertiary/aromatic N) is 3. The van der Waals surface area contributed by atoms with Gasteiger partial charge in [0.25, 0.3) is 0 Å². The van der Waals surface area contributed by atoms with Crippen LogP contribution >= 0.6 is 0 Å². The van der Waals surface area contributed by atoms with E-state index in [0.717, 1.165) is 84.5 Å². The fourth-order valence-corrected chi connectivity index (χ4v) is 4.25. The minimum atomic E-state index is 0.158. The van der Waals surface area contributed by atoms with Crippen molar-refractivity contribution in [1.29, 1.82) is 0 Å². The van der Waals surface area contributed by atoms with E-state index < -0.39 is 0 Å². The maximum absolute atomic E-state index is 6.01. The Morgan fingerprint density at radius 2 is 1.85 bits per heavy atom.